The minimum atomic E-state index is -0.447. The fourth-order valence-corrected chi connectivity index (χ4v) is 2.32. The van der Waals surface area contributed by atoms with Crippen LogP contribution in [0, 0.1) is 5.82 Å². The van der Waals surface area contributed by atoms with Gasteiger partial charge in [0.2, 0.25) is 0 Å². The molecular weight excluding hydrogens is 261 g/mol. The van der Waals surface area contributed by atoms with E-state index in [9.17, 15) is 9.18 Å². The molecule has 1 saturated heterocycles. The van der Waals surface area contributed by atoms with Crippen LogP contribution in [0.15, 0.2) is 18.2 Å². The van der Waals surface area contributed by atoms with Gasteiger partial charge < -0.3 is 9.47 Å². The summed E-state index contributed by atoms with van der Waals surface area (Å²) in [5.41, 5.74) is 0.644. The zero-order chi connectivity index (χ0) is 14.5. The topological polar surface area (TPSA) is 38.8 Å². The molecule has 0 spiro atoms. The average molecular weight is 281 g/mol. The molecule has 0 N–H and O–H groups in total. The first-order valence-corrected chi connectivity index (χ1v) is 6.83. The largest absolute Gasteiger partial charge is 0.494 e. The molecule has 1 aromatic carbocycles. The zero-order valence-corrected chi connectivity index (χ0v) is 11.9. The van der Waals surface area contributed by atoms with Crippen LogP contribution in [-0.2, 0) is 16.0 Å². The number of methoxy groups -OCH3 is 1. The van der Waals surface area contributed by atoms with E-state index in [2.05, 4.69) is 11.8 Å². The summed E-state index contributed by atoms with van der Waals surface area (Å²) in [6.07, 6.45) is -0.225. The van der Waals surface area contributed by atoms with Gasteiger partial charge in [-0.25, -0.2) is 4.39 Å². The lowest BCUT2D eigenvalue weighted by Crippen LogP contribution is -2.46. The Labute approximate surface area is 118 Å². The van der Waals surface area contributed by atoms with Crippen LogP contribution in [0.1, 0.15) is 12.5 Å². The molecule has 0 amide bonds. The van der Waals surface area contributed by atoms with Crippen LogP contribution < -0.4 is 4.74 Å². The zero-order valence-electron chi connectivity index (χ0n) is 11.9. The van der Waals surface area contributed by atoms with E-state index in [1.165, 1.54) is 19.2 Å². The number of carbonyl (C=O) groups is 1. The first-order chi connectivity index (χ1) is 9.63. The first-order valence-electron chi connectivity index (χ1n) is 6.83. The molecule has 20 heavy (non-hydrogen) atoms. The summed E-state index contributed by atoms with van der Waals surface area (Å²) in [7, 11) is 1.42. The third kappa shape index (κ3) is 3.55. The van der Waals surface area contributed by atoms with Crippen LogP contribution in [0.4, 0.5) is 4.39 Å². The monoisotopic (exact) mass is 281 g/mol. The molecule has 4 nitrogen and oxygen atoms in total. The van der Waals surface area contributed by atoms with Gasteiger partial charge in [-0.15, -0.1) is 0 Å². The van der Waals surface area contributed by atoms with Crippen LogP contribution in [0.25, 0.3) is 0 Å². The second-order valence-electron chi connectivity index (χ2n) is 4.86. The summed E-state index contributed by atoms with van der Waals surface area (Å²) < 4.78 is 24.0. The predicted octanol–water partition coefficient (Wildman–Crippen LogP) is 1.67. The predicted molar refractivity (Wildman–Crippen MR) is 73.5 cm³/mol. The Kier molecular flexibility index (Phi) is 5.09. The fourth-order valence-electron chi connectivity index (χ4n) is 2.32. The molecule has 110 valence electrons. The van der Waals surface area contributed by atoms with E-state index >= 15 is 0 Å². The number of rotatable bonds is 5. The van der Waals surface area contributed by atoms with Crippen LogP contribution in [0.5, 0.6) is 5.75 Å². The second kappa shape index (κ2) is 6.81. The number of carbonyl (C=O) groups excluding carboxylic acids is 1. The lowest BCUT2D eigenvalue weighted by atomic mass is 10.0. The molecule has 0 aliphatic carbocycles. The van der Waals surface area contributed by atoms with Gasteiger partial charge in [-0.3, -0.25) is 9.69 Å². The Bertz CT molecular complexity index is 478. The van der Waals surface area contributed by atoms with E-state index in [0.29, 0.717) is 18.7 Å². The van der Waals surface area contributed by atoms with Crippen molar-refractivity contribution in [3.8, 4) is 5.75 Å². The summed E-state index contributed by atoms with van der Waals surface area (Å²) in [5, 5.41) is 0. The molecule has 0 bridgehead atoms. The minimum absolute atomic E-state index is 0.00674. The number of hydrogen-bond acceptors (Lipinski definition) is 4. The molecule has 1 aromatic rings. The fraction of sp³-hybridized carbons (Fsp3) is 0.533. The lowest BCUT2D eigenvalue weighted by molar-refractivity contribution is -0.135. The highest BCUT2D eigenvalue weighted by Gasteiger charge is 2.25. The number of ether oxygens (including phenoxy) is 2. The van der Waals surface area contributed by atoms with Gasteiger partial charge in [0.1, 0.15) is 6.10 Å². The van der Waals surface area contributed by atoms with Gasteiger partial charge in [0.25, 0.3) is 0 Å². The molecule has 1 aliphatic heterocycles. The number of benzene rings is 1. The number of nitrogens with zero attached hydrogens (tertiary/aromatic N) is 1. The smallest absolute Gasteiger partial charge is 0.167 e. The van der Waals surface area contributed by atoms with Gasteiger partial charge in [0, 0.05) is 19.5 Å². The van der Waals surface area contributed by atoms with E-state index in [1.807, 2.05) is 0 Å². The molecule has 2 rings (SSSR count). The van der Waals surface area contributed by atoms with Crippen LogP contribution in [-0.4, -0.2) is 50.1 Å². The third-order valence-electron chi connectivity index (χ3n) is 3.55. The van der Waals surface area contributed by atoms with Crippen LogP contribution >= 0.6 is 0 Å². The van der Waals surface area contributed by atoms with Gasteiger partial charge >= 0.3 is 0 Å². The molecule has 0 saturated carbocycles. The lowest BCUT2D eigenvalue weighted by Gasteiger charge is -2.31. The molecule has 1 fully saturated rings. The highest BCUT2D eigenvalue weighted by atomic mass is 19.1. The van der Waals surface area contributed by atoms with Crippen molar-refractivity contribution in [2.75, 3.05) is 33.4 Å². The van der Waals surface area contributed by atoms with Gasteiger partial charge in [0.15, 0.2) is 17.3 Å². The summed E-state index contributed by atoms with van der Waals surface area (Å²) >= 11 is 0. The van der Waals surface area contributed by atoms with E-state index in [1.54, 1.807) is 6.07 Å². The Morgan fingerprint density at radius 1 is 1.55 bits per heavy atom. The Balaban J connectivity index is 1.98. The quantitative estimate of drug-likeness (QED) is 0.823. The van der Waals surface area contributed by atoms with Crippen molar-refractivity contribution in [3.05, 3.63) is 29.6 Å². The number of morpholine rings is 1. The Hall–Kier alpha value is -1.46. The van der Waals surface area contributed by atoms with Crippen LogP contribution in [0.2, 0.25) is 0 Å². The van der Waals surface area contributed by atoms with E-state index in [0.717, 1.165) is 13.1 Å². The number of likely N-dealkylation sites (N-methyl/N-ethyl adjacent to an activating group) is 1. The number of hydrogen-bond donors (Lipinski definition) is 0. The van der Waals surface area contributed by atoms with Crippen molar-refractivity contribution in [1.29, 1.82) is 0 Å². The summed E-state index contributed by atoms with van der Waals surface area (Å²) in [6.45, 7) is 5.02. The highest BCUT2D eigenvalue weighted by molar-refractivity contribution is 5.85. The minimum Gasteiger partial charge on any atom is -0.494 e. The van der Waals surface area contributed by atoms with E-state index in [-0.39, 0.29) is 18.0 Å². The third-order valence-corrected chi connectivity index (χ3v) is 3.55. The van der Waals surface area contributed by atoms with Crippen molar-refractivity contribution in [3.63, 3.8) is 0 Å². The van der Waals surface area contributed by atoms with Crippen molar-refractivity contribution in [2.24, 2.45) is 0 Å². The van der Waals surface area contributed by atoms with Crippen LogP contribution in [0.3, 0.4) is 0 Å². The summed E-state index contributed by atoms with van der Waals surface area (Å²) in [5.74, 6) is -0.266. The number of Topliss-reactive ketones (excluding diaryl/α,β-unsaturated/α-hetero) is 1. The highest BCUT2D eigenvalue weighted by Crippen LogP contribution is 2.19. The molecule has 1 unspecified atom stereocenters. The van der Waals surface area contributed by atoms with Crippen molar-refractivity contribution < 1.29 is 18.7 Å². The first kappa shape index (κ1) is 14.9. The molecule has 5 heteroatoms. The van der Waals surface area contributed by atoms with Gasteiger partial charge in [-0.1, -0.05) is 13.0 Å². The molecule has 1 aliphatic rings. The number of halogens is 1. The number of ketones is 1. The molecule has 1 heterocycles. The second-order valence-corrected chi connectivity index (χ2v) is 4.86. The van der Waals surface area contributed by atoms with Gasteiger partial charge in [-0.05, 0) is 24.2 Å². The average Bonchev–Trinajstić information content (AvgIpc) is 2.47. The summed E-state index contributed by atoms with van der Waals surface area (Å²) in [4.78, 5) is 14.4. The molecule has 0 radical (unpaired) electrons. The normalized spacial score (nSPS) is 19.9. The summed E-state index contributed by atoms with van der Waals surface area (Å²) in [6, 6.07) is 4.59. The molecular formula is C15H20FNO3. The van der Waals surface area contributed by atoms with E-state index in [4.69, 9.17) is 9.47 Å². The van der Waals surface area contributed by atoms with Crippen molar-refractivity contribution >= 4 is 5.78 Å². The Morgan fingerprint density at radius 2 is 2.35 bits per heavy atom. The maximum atomic E-state index is 13.6. The Morgan fingerprint density at radius 3 is 3.00 bits per heavy atom. The molecule has 1 atom stereocenters. The van der Waals surface area contributed by atoms with Crippen molar-refractivity contribution in [2.45, 2.75) is 19.4 Å². The van der Waals surface area contributed by atoms with E-state index < -0.39 is 11.9 Å². The molecule has 0 aromatic heterocycles. The SMILES string of the molecule is CCN1CCOC(C(=O)Cc2ccc(OC)c(F)c2)C1. The van der Waals surface area contributed by atoms with Gasteiger partial charge in [0.05, 0.1) is 13.7 Å². The van der Waals surface area contributed by atoms with Crippen molar-refractivity contribution in [1.82, 2.24) is 4.90 Å². The maximum absolute atomic E-state index is 13.6. The van der Waals surface area contributed by atoms with Gasteiger partial charge in [-0.2, -0.15) is 0 Å². The maximum Gasteiger partial charge on any atom is 0.167 e. The standard InChI is InChI=1S/C15H20FNO3/c1-3-17-6-7-20-15(10-17)13(18)9-11-4-5-14(19-2)12(16)8-11/h4-5,8,15H,3,6-7,9-10H2,1-2H3.